The summed E-state index contributed by atoms with van der Waals surface area (Å²) in [5, 5.41) is 0. The van der Waals surface area contributed by atoms with Crippen molar-refractivity contribution in [3.8, 4) is 0 Å². The summed E-state index contributed by atoms with van der Waals surface area (Å²) in [5.74, 6) is -0.664. The predicted octanol–water partition coefficient (Wildman–Crippen LogP) is 0.223. The van der Waals surface area contributed by atoms with Crippen LogP contribution in [0, 0.1) is 0 Å². The molecule has 0 radical (unpaired) electrons. The summed E-state index contributed by atoms with van der Waals surface area (Å²) in [6, 6.07) is 5.51. The van der Waals surface area contributed by atoms with Crippen molar-refractivity contribution in [1.82, 2.24) is 4.72 Å². The number of nitrogens with one attached hydrogen (secondary N) is 1. The molecule has 0 aromatic heterocycles. The number of amides is 1. The lowest BCUT2D eigenvalue weighted by Crippen LogP contribution is -2.29. The number of primary amides is 1. The number of nitrogens with two attached hydrogens (primary N) is 2. The lowest BCUT2D eigenvalue weighted by atomic mass is 10.2. The molecule has 0 heterocycles. The maximum Gasteiger partial charge on any atom is 0.248 e. The van der Waals surface area contributed by atoms with E-state index in [1.165, 1.54) is 24.3 Å². The first-order valence-electron chi connectivity index (χ1n) is 5.48. The van der Waals surface area contributed by atoms with Crippen molar-refractivity contribution in [2.24, 2.45) is 11.5 Å². The first-order chi connectivity index (χ1) is 8.33. The molecule has 0 aliphatic carbocycles. The Morgan fingerprint density at radius 3 is 2.58 bits per heavy atom. The van der Waals surface area contributed by atoms with Gasteiger partial charge in [-0.1, -0.05) is 6.07 Å². The Kier molecular flexibility index (Phi) is 6.99. The van der Waals surface area contributed by atoms with Crippen molar-refractivity contribution >= 4 is 28.3 Å². The highest BCUT2D eigenvalue weighted by Gasteiger charge is 2.15. The molecule has 0 aliphatic heterocycles. The molecule has 0 saturated heterocycles. The molecule has 6 nitrogen and oxygen atoms in total. The van der Waals surface area contributed by atoms with Crippen LogP contribution in [-0.4, -0.2) is 26.9 Å². The standard InChI is InChI=1S/C11H17N3O3S.ClH/c1-8(12)5-6-14-18(16,17)10-4-2-3-9(7-10)11(13)15;/h2-4,7-8,14H,5-6,12H2,1H3,(H2,13,15);1H. The maximum absolute atomic E-state index is 11.9. The maximum atomic E-state index is 11.9. The zero-order valence-electron chi connectivity index (χ0n) is 10.5. The highest BCUT2D eigenvalue weighted by molar-refractivity contribution is 7.89. The normalized spacial score (nSPS) is 12.5. The minimum atomic E-state index is -3.63. The Hall–Kier alpha value is -1.15. The van der Waals surface area contributed by atoms with Gasteiger partial charge in [0.05, 0.1) is 4.90 Å². The molecule has 0 bridgehead atoms. The molecule has 1 amide bonds. The van der Waals surface area contributed by atoms with Crippen molar-refractivity contribution in [3.63, 3.8) is 0 Å². The first-order valence-corrected chi connectivity index (χ1v) is 6.96. The Morgan fingerprint density at radius 1 is 1.42 bits per heavy atom. The van der Waals surface area contributed by atoms with Gasteiger partial charge in [0, 0.05) is 18.2 Å². The van der Waals surface area contributed by atoms with Gasteiger partial charge in [-0.25, -0.2) is 13.1 Å². The van der Waals surface area contributed by atoms with E-state index in [9.17, 15) is 13.2 Å². The average molecular weight is 308 g/mol. The van der Waals surface area contributed by atoms with E-state index < -0.39 is 15.9 Å². The Morgan fingerprint density at radius 2 is 2.05 bits per heavy atom. The van der Waals surface area contributed by atoms with E-state index in [1.807, 2.05) is 0 Å². The van der Waals surface area contributed by atoms with Gasteiger partial charge in [0.15, 0.2) is 0 Å². The SMILES string of the molecule is CC(N)CCNS(=O)(=O)c1cccc(C(N)=O)c1.Cl. The van der Waals surface area contributed by atoms with E-state index in [0.29, 0.717) is 6.42 Å². The lowest BCUT2D eigenvalue weighted by Gasteiger charge is -2.08. The van der Waals surface area contributed by atoms with E-state index in [2.05, 4.69) is 4.72 Å². The Labute approximate surface area is 119 Å². The number of carbonyl (C=O) groups is 1. The van der Waals surface area contributed by atoms with Gasteiger partial charge in [-0.05, 0) is 31.5 Å². The Bertz CT molecular complexity index is 532. The van der Waals surface area contributed by atoms with Gasteiger partial charge in [0.2, 0.25) is 15.9 Å². The number of benzene rings is 1. The molecular weight excluding hydrogens is 290 g/mol. The minimum Gasteiger partial charge on any atom is -0.366 e. The molecule has 5 N–H and O–H groups in total. The number of hydrogen-bond acceptors (Lipinski definition) is 4. The molecule has 1 atom stereocenters. The molecule has 0 spiro atoms. The zero-order valence-corrected chi connectivity index (χ0v) is 12.1. The fraction of sp³-hybridized carbons (Fsp3) is 0.364. The van der Waals surface area contributed by atoms with Crippen molar-refractivity contribution in [1.29, 1.82) is 0 Å². The molecular formula is C11H18ClN3O3S. The van der Waals surface area contributed by atoms with Crippen LogP contribution in [0.25, 0.3) is 0 Å². The summed E-state index contributed by atoms with van der Waals surface area (Å²) in [5.41, 5.74) is 10.8. The number of hydrogen-bond donors (Lipinski definition) is 3. The third kappa shape index (κ3) is 5.56. The van der Waals surface area contributed by atoms with Gasteiger partial charge < -0.3 is 11.5 Å². The predicted molar refractivity (Wildman–Crippen MR) is 75.7 cm³/mol. The third-order valence-electron chi connectivity index (χ3n) is 2.32. The molecule has 0 aliphatic rings. The van der Waals surface area contributed by atoms with Crippen molar-refractivity contribution in [3.05, 3.63) is 29.8 Å². The smallest absolute Gasteiger partial charge is 0.248 e. The van der Waals surface area contributed by atoms with Crippen LogP contribution in [0.3, 0.4) is 0 Å². The molecule has 1 aromatic rings. The van der Waals surface area contributed by atoms with Crippen LogP contribution in [0.4, 0.5) is 0 Å². The lowest BCUT2D eigenvalue weighted by molar-refractivity contribution is 0.1000. The number of rotatable bonds is 6. The van der Waals surface area contributed by atoms with E-state index >= 15 is 0 Å². The Balaban J connectivity index is 0.00000324. The monoisotopic (exact) mass is 307 g/mol. The summed E-state index contributed by atoms with van der Waals surface area (Å²) < 4.78 is 26.2. The third-order valence-corrected chi connectivity index (χ3v) is 3.78. The number of sulfonamides is 1. The van der Waals surface area contributed by atoms with E-state index in [1.54, 1.807) is 6.92 Å². The summed E-state index contributed by atoms with van der Waals surface area (Å²) in [6.07, 6.45) is 0.536. The van der Waals surface area contributed by atoms with Gasteiger partial charge in [-0.15, -0.1) is 12.4 Å². The second-order valence-electron chi connectivity index (χ2n) is 4.06. The van der Waals surface area contributed by atoms with Crippen LogP contribution in [0.2, 0.25) is 0 Å². The van der Waals surface area contributed by atoms with Crippen LogP contribution >= 0.6 is 12.4 Å². The molecule has 1 unspecified atom stereocenters. The van der Waals surface area contributed by atoms with Crippen LogP contribution < -0.4 is 16.2 Å². The summed E-state index contributed by atoms with van der Waals surface area (Å²) in [7, 11) is -3.63. The molecule has 1 aromatic carbocycles. The molecule has 0 saturated carbocycles. The van der Waals surface area contributed by atoms with Gasteiger partial charge in [0.25, 0.3) is 0 Å². The number of halogens is 1. The molecule has 8 heteroatoms. The topological polar surface area (TPSA) is 115 Å². The van der Waals surface area contributed by atoms with Crippen molar-refractivity contribution in [2.45, 2.75) is 24.3 Å². The van der Waals surface area contributed by atoms with E-state index in [4.69, 9.17) is 11.5 Å². The van der Waals surface area contributed by atoms with Gasteiger partial charge >= 0.3 is 0 Å². The van der Waals surface area contributed by atoms with Gasteiger partial charge in [-0.2, -0.15) is 0 Å². The van der Waals surface area contributed by atoms with E-state index in [0.717, 1.165) is 0 Å². The van der Waals surface area contributed by atoms with Crippen LogP contribution in [-0.2, 0) is 10.0 Å². The quantitative estimate of drug-likeness (QED) is 0.697. The average Bonchev–Trinajstić information content (AvgIpc) is 2.28. The highest BCUT2D eigenvalue weighted by Crippen LogP contribution is 2.11. The van der Waals surface area contributed by atoms with Gasteiger partial charge in [-0.3, -0.25) is 4.79 Å². The minimum absolute atomic E-state index is 0. The molecule has 108 valence electrons. The van der Waals surface area contributed by atoms with Crippen molar-refractivity contribution < 1.29 is 13.2 Å². The highest BCUT2D eigenvalue weighted by atomic mass is 35.5. The second-order valence-corrected chi connectivity index (χ2v) is 5.82. The van der Waals surface area contributed by atoms with Gasteiger partial charge in [0.1, 0.15) is 0 Å². The molecule has 0 fully saturated rings. The summed E-state index contributed by atoms with van der Waals surface area (Å²) in [4.78, 5) is 11.0. The van der Waals surface area contributed by atoms with Crippen LogP contribution in [0.15, 0.2) is 29.2 Å². The summed E-state index contributed by atoms with van der Waals surface area (Å²) in [6.45, 7) is 2.04. The van der Waals surface area contributed by atoms with E-state index in [-0.39, 0.29) is 35.5 Å². The summed E-state index contributed by atoms with van der Waals surface area (Å²) >= 11 is 0. The van der Waals surface area contributed by atoms with Crippen LogP contribution in [0.1, 0.15) is 23.7 Å². The first kappa shape index (κ1) is 17.8. The molecule has 1 rings (SSSR count). The fourth-order valence-electron chi connectivity index (χ4n) is 1.32. The molecule has 19 heavy (non-hydrogen) atoms. The zero-order chi connectivity index (χ0) is 13.8. The van der Waals surface area contributed by atoms with Crippen LogP contribution in [0.5, 0.6) is 0 Å². The largest absolute Gasteiger partial charge is 0.366 e. The fourth-order valence-corrected chi connectivity index (χ4v) is 2.41. The second kappa shape index (κ2) is 7.44. The number of carbonyl (C=O) groups excluding carboxylic acids is 1. The van der Waals surface area contributed by atoms with Crippen molar-refractivity contribution in [2.75, 3.05) is 6.54 Å².